The minimum absolute atomic E-state index is 0.0837. The number of nitrogens with zero attached hydrogens (tertiary/aromatic N) is 4. The van der Waals surface area contributed by atoms with Crippen molar-refractivity contribution >= 4 is 21.4 Å². The number of hydrogen-bond donors (Lipinski definition) is 1. The number of hydrogen-bond acceptors (Lipinski definition) is 6. The summed E-state index contributed by atoms with van der Waals surface area (Å²) in [7, 11) is -3.05. The minimum atomic E-state index is -3.05. The first kappa shape index (κ1) is 26.5. The third kappa shape index (κ3) is 5.10. The molecular weight excluding hydrogens is 529 g/mol. The third-order valence-electron chi connectivity index (χ3n) is 8.61. The van der Waals surface area contributed by atoms with Crippen LogP contribution >= 0.6 is 0 Å². The molecule has 208 valence electrons. The Hall–Kier alpha value is -3.71. The zero-order valence-electron chi connectivity index (χ0n) is 22.4. The van der Waals surface area contributed by atoms with E-state index in [2.05, 4.69) is 11.4 Å². The van der Waals surface area contributed by atoms with Gasteiger partial charge < -0.3 is 10.2 Å². The van der Waals surface area contributed by atoms with Crippen LogP contribution in [-0.2, 0) is 14.6 Å². The van der Waals surface area contributed by atoms with Crippen molar-refractivity contribution < 1.29 is 17.6 Å². The second-order valence-electron chi connectivity index (χ2n) is 11.4. The summed E-state index contributed by atoms with van der Waals surface area (Å²) in [5, 5.41) is 17.2. The smallest absolute Gasteiger partial charge is 0.225 e. The highest BCUT2D eigenvalue weighted by atomic mass is 32.2. The number of benzene rings is 2. The second kappa shape index (κ2) is 10.0. The lowest BCUT2D eigenvalue weighted by Crippen LogP contribution is -2.54. The van der Waals surface area contributed by atoms with Crippen LogP contribution in [0.25, 0.3) is 16.8 Å². The van der Waals surface area contributed by atoms with Gasteiger partial charge in [-0.05, 0) is 67.6 Å². The van der Waals surface area contributed by atoms with Crippen LogP contribution in [0.4, 0.5) is 10.1 Å². The zero-order valence-corrected chi connectivity index (χ0v) is 23.2. The van der Waals surface area contributed by atoms with E-state index in [1.807, 2.05) is 35.4 Å². The number of anilines is 1. The monoisotopic (exact) mass is 561 g/mol. The van der Waals surface area contributed by atoms with E-state index in [1.165, 1.54) is 18.4 Å². The number of carbonyl (C=O) groups is 1. The molecule has 8 nitrogen and oxygen atoms in total. The zero-order chi connectivity index (χ0) is 28.1. The molecule has 1 aromatic heterocycles. The van der Waals surface area contributed by atoms with Crippen LogP contribution < -0.4 is 10.2 Å². The summed E-state index contributed by atoms with van der Waals surface area (Å²) in [6.07, 6.45) is 8.05. The molecule has 2 heterocycles. The van der Waals surface area contributed by atoms with Crippen molar-refractivity contribution in [3.05, 3.63) is 66.2 Å². The number of sulfone groups is 1. The molecule has 2 unspecified atom stereocenters. The van der Waals surface area contributed by atoms with Crippen molar-refractivity contribution in [3.8, 4) is 22.9 Å². The lowest BCUT2D eigenvalue weighted by molar-refractivity contribution is -0.127. The number of halogens is 1. The number of aromatic nitrogens is 2. The average molecular weight is 562 g/mol. The van der Waals surface area contributed by atoms with E-state index in [1.54, 1.807) is 16.8 Å². The Bertz CT molecular complexity index is 1570. The fourth-order valence-corrected chi connectivity index (χ4v) is 6.77. The second-order valence-corrected chi connectivity index (χ2v) is 13.8. The van der Waals surface area contributed by atoms with Crippen LogP contribution in [0.2, 0.25) is 0 Å². The SMILES string of the molecule is CS(=O)(=O)C1CN(c2ccc(-c3cn(-c4ccc(F)cc4)nc3C3CCCCC3C(=O)NC3(C#N)CC3)cc2)C1. The standard InChI is InChI=1S/C30H32FN5O3S/c1-40(38,39)24-16-35(17-24)22-10-6-20(7-11-22)27-18-36(23-12-8-21(31)9-13-23)34-28(27)25-4-2-3-5-26(25)29(37)33-30(19-32)14-15-30/h6-13,18,24-26H,2-5,14-17H2,1H3,(H,33,37). The first-order chi connectivity index (χ1) is 19.2. The molecule has 1 amide bonds. The summed E-state index contributed by atoms with van der Waals surface area (Å²) in [6, 6.07) is 16.4. The van der Waals surface area contributed by atoms with Crippen molar-refractivity contribution in [2.24, 2.45) is 5.92 Å². The fraction of sp³-hybridized carbons (Fsp3) is 0.433. The van der Waals surface area contributed by atoms with Gasteiger partial charge in [0.25, 0.3) is 0 Å². The van der Waals surface area contributed by atoms with E-state index >= 15 is 0 Å². The first-order valence-electron chi connectivity index (χ1n) is 13.8. The first-order valence-corrected chi connectivity index (χ1v) is 15.7. The number of rotatable bonds is 7. The van der Waals surface area contributed by atoms with Crippen LogP contribution in [0.15, 0.2) is 54.7 Å². The summed E-state index contributed by atoms with van der Waals surface area (Å²) in [4.78, 5) is 15.5. The van der Waals surface area contributed by atoms with Crippen molar-refractivity contribution in [3.63, 3.8) is 0 Å². The van der Waals surface area contributed by atoms with Gasteiger partial charge in [-0.25, -0.2) is 17.5 Å². The molecular formula is C30H32FN5O3S. The molecule has 2 aromatic carbocycles. The molecule has 6 rings (SSSR count). The van der Waals surface area contributed by atoms with Crippen LogP contribution in [0, 0.1) is 23.1 Å². The Morgan fingerprint density at radius 2 is 1.70 bits per heavy atom. The summed E-state index contributed by atoms with van der Waals surface area (Å²) in [5.41, 5.74) is 3.61. The van der Waals surface area contributed by atoms with Gasteiger partial charge in [0.1, 0.15) is 11.4 Å². The maximum atomic E-state index is 13.6. The molecule has 3 aromatic rings. The third-order valence-corrected chi connectivity index (χ3v) is 10.1. The average Bonchev–Trinajstić information content (AvgIpc) is 3.54. The predicted octanol–water partition coefficient (Wildman–Crippen LogP) is 4.36. The van der Waals surface area contributed by atoms with Crippen LogP contribution in [-0.4, -0.2) is 54.2 Å². The van der Waals surface area contributed by atoms with Gasteiger partial charge in [0, 0.05) is 48.6 Å². The maximum absolute atomic E-state index is 13.6. The van der Waals surface area contributed by atoms with Gasteiger partial charge in [0.05, 0.1) is 22.7 Å². The normalized spacial score (nSPS) is 22.3. The molecule has 0 spiro atoms. The van der Waals surface area contributed by atoms with Crippen LogP contribution in [0.5, 0.6) is 0 Å². The number of carbonyl (C=O) groups excluding carboxylic acids is 1. The molecule has 3 aliphatic rings. The molecule has 40 heavy (non-hydrogen) atoms. The number of nitrogens with one attached hydrogen (secondary N) is 1. The molecule has 2 atom stereocenters. The summed E-state index contributed by atoms with van der Waals surface area (Å²) in [5.74, 6) is -0.820. The van der Waals surface area contributed by atoms with Gasteiger partial charge in [-0.1, -0.05) is 25.0 Å². The molecule has 2 saturated carbocycles. The Kier molecular flexibility index (Phi) is 6.65. The molecule has 0 bridgehead atoms. The quantitative estimate of drug-likeness (QED) is 0.459. The summed E-state index contributed by atoms with van der Waals surface area (Å²) >= 11 is 0. The van der Waals surface area contributed by atoms with E-state index in [4.69, 9.17) is 5.10 Å². The van der Waals surface area contributed by atoms with E-state index in [0.717, 1.165) is 53.9 Å². The molecule has 0 radical (unpaired) electrons. The van der Waals surface area contributed by atoms with Gasteiger partial charge in [-0.15, -0.1) is 0 Å². The fourth-order valence-electron chi connectivity index (χ4n) is 5.87. The van der Waals surface area contributed by atoms with E-state index in [9.17, 15) is 22.9 Å². The largest absolute Gasteiger partial charge is 0.369 e. The molecule has 10 heteroatoms. The molecule has 3 fully saturated rings. The predicted molar refractivity (Wildman–Crippen MR) is 150 cm³/mol. The topological polar surface area (TPSA) is 108 Å². The lowest BCUT2D eigenvalue weighted by Gasteiger charge is -2.39. The summed E-state index contributed by atoms with van der Waals surface area (Å²) in [6.45, 7) is 0.962. The maximum Gasteiger partial charge on any atom is 0.225 e. The van der Waals surface area contributed by atoms with Crippen LogP contribution in [0.1, 0.15) is 50.1 Å². The van der Waals surface area contributed by atoms with Gasteiger partial charge in [-0.3, -0.25) is 4.79 Å². The van der Waals surface area contributed by atoms with Gasteiger partial charge in [0.2, 0.25) is 5.91 Å². The van der Waals surface area contributed by atoms with E-state index in [0.29, 0.717) is 25.9 Å². The Morgan fingerprint density at radius 1 is 1.05 bits per heavy atom. The van der Waals surface area contributed by atoms with Crippen LogP contribution in [0.3, 0.4) is 0 Å². The van der Waals surface area contributed by atoms with Gasteiger partial charge >= 0.3 is 0 Å². The molecule has 1 N–H and O–H groups in total. The van der Waals surface area contributed by atoms with Crippen molar-refractivity contribution in [1.82, 2.24) is 15.1 Å². The highest BCUT2D eigenvalue weighted by Gasteiger charge is 2.47. The lowest BCUT2D eigenvalue weighted by atomic mass is 9.75. The highest BCUT2D eigenvalue weighted by molar-refractivity contribution is 7.91. The number of amides is 1. The highest BCUT2D eigenvalue weighted by Crippen LogP contribution is 2.43. The summed E-state index contributed by atoms with van der Waals surface area (Å²) < 4.78 is 39.0. The number of nitriles is 1. The molecule has 1 aliphatic heterocycles. The van der Waals surface area contributed by atoms with Crippen molar-refractivity contribution in [2.45, 2.75) is 55.2 Å². The van der Waals surface area contributed by atoms with E-state index < -0.39 is 15.4 Å². The van der Waals surface area contributed by atoms with Crippen molar-refractivity contribution in [2.75, 3.05) is 24.2 Å². The van der Waals surface area contributed by atoms with Gasteiger partial charge in [0.15, 0.2) is 9.84 Å². The van der Waals surface area contributed by atoms with Gasteiger partial charge in [-0.2, -0.15) is 10.4 Å². The Morgan fingerprint density at radius 3 is 2.33 bits per heavy atom. The molecule has 2 aliphatic carbocycles. The Labute approximate surface area is 233 Å². The Balaban J connectivity index is 1.33. The minimum Gasteiger partial charge on any atom is -0.369 e. The van der Waals surface area contributed by atoms with Crippen molar-refractivity contribution in [1.29, 1.82) is 5.26 Å². The van der Waals surface area contributed by atoms with E-state index in [-0.39, 0.29) is 28.8 Å². The molecule has 1 saturated heterocycles.